The Morgan fingerprint density at radius 2 is 2.04 bits per heavy atom. The number of nitrogens with zero attached hydrogens (tertiary/aromatic N) is 2. The van der Waals surface area contributed by atoms with Crippen LogP contribution in [0.2, 0.25) is 0 Å². The highest BCUT2D eigenvalue weighted by Crippen LogP contribution is 2.48. The van der Waals surface area contributed by atoms with Gasteiger partial charge in [-0.3, -0.25) is 4.74 Å². The van der Waals surface area contributed by atoms with Crippen molar-refractivity contribution in [2.75, 3.05) is 13.7 Å². The lowest BCUT2D eigenvalue weighted by Crippen LogP contribution is -2.42. The van der Waals surface area contributed by atoms with Crippen LogP contribution in [0.5, 0.6) is 0 Å². The lowest BCUT2D eigenvalue weighted by Gasteiger charge is -2.38. The fourth-order valence-electron chi connectivity index (χ4n) is 2.89. The van der Waals surface area contributed by atoms with Crippen molar-refractivity contribution in [1.82, 2.24) is 10.2 Å². The molecular weight excluding hydrogens is 319 g/mol. The highest BCUT2D eigenvalue weighted by atomic mass is 19.4. The van der Waals surface area contributed by atoms with Gasteiger partial charge in [0.1, 0.15) is 0 Å². The fraction of sp³-hybridized carbons (Fsp3) is 0.846. The van der Waals surface area contributed by atoms with E-state index in [0.29, 0.717) is 12.8 Å². The van der Waals surface area contributed by atoms with Crippen molar-refractivity contribution in [3.8, 4) is 0 Å². The van der Waals surface area contributed by atoms with E-state index in [9.17, 15) is 13.2 Å². The summed E-state index contributed by atoms with van der Waals surface area (Å²) in [6.07, 6.45) is -4.32. The lowest BCUT2D eigenvalue weighted by atomic mass is 9.80. The average Bonchev–Trinajstić information content (AvgIpc) is 2.91. The topological polar surface area (TPSA) is 92.6 Å². The van der Waals surface area contributed by atoms with Crippen LogP contribution in [0.4, 0.5) is 13.2 Å². The third-order valence-corrected chi connectivity index (χ3v) is 4.21. The van der Waals surface area contributed by atoms with E-state index in [0.717, 1.165) is 0 Å². The average molecular weight is 337 g/mol. The number of nitrogens with two attached hydrogens (primary N) is 1. The first-order chi connectivity index (χ1) is 10.8. The predicted molar refractivity (Wildman–Crippen MR) is 69.0 cm³/mol. The van der Waals surface area contributed by atoms with Crippen molar-refractivity contribution >= 4 is 0 Å². The molecule has 10 heteroatoms. The molecule has 2 aliphatic rings. The first kappa shape index (κ1) is 16.6. The summed E-state index contributed by atoms with van der Waals surface area (Å²) >= 11 is 0. The molecule has 1 saturated carbocycles. The summed E-state index contributed by atoms with van der Waals surface area (Å²) in [5.41, 5.74) is 4.21. The zero-order valence-electron chi connectivity index (χ0n) is 12.5. The molecule has 1 aliphatic carbocycles. The molecule has 0 spiro atoms. The van der Waals surface area contributed by atoms with Crippen molar-refractivity contribution in [3.63, 3.8) is 0 Å². The summed E-state index contributed by atoms with van der Waals surface area (Å²) in [6, 6.07) is -0.176. The van der Waals surface area contributed by atoms with Crippen molar-refractivity contribution in [3.05, 3.63) is 11.8 Å². The predicted octanol–water partition coefficient (Wildman–Crippen LogP) is 1.79. The Labute approximate surface area is 130 Å². The smallest absolute Gasteiger partial charge is 0.419 e. The van der Waals surface area contributed by atoms with Gasteiger partial charge in [-0.15, -0.1) is 23.4 Å². The van der Waals surface area contributed by atoms with Gasteiger partial charge in [0, 0.05) is 13.2 Å². The Balaban J connectivity index is 1.79. The summed E-state index contributed by atoms with van der Waals surface area (Å²) in [5.74, 6) is -0.0970. The summed E-state index contributed by atoms with van der Waals surface area (Å²) < 4.78 is 58.4. The number of rotatable bonds is 4. The SMILES string of the molecule is COC1C[C@@H](N)CO[C@@H]1c1nnc(C2(OC(F)(F)F)CCC2)o1. The van der Waals surface area contributed by atoms with Gasteiger partial charge in [-0.05, 0) is 25.7 Å². The van der Waals surface area contributed by atoms with Gasteiger partial charge in [0.15, 0.2) is 11.7 Å². The molecular formula is C13H18F3N3O4. The van der Waals surface area contributed by atoms with Gasteiger partial charge < -0.3 is 19.6 Å². The third-order valence-electron chi connectivity index (χ3n) is 4.21. The Bertz CT molecular complexity index is 547. The van der Waals surface area contributed by atoms with Crippen LogP contribution in [0.3, 0.4) is 0 Å². The quantitative estimate of drug-likeness (QED) is 0.895. The molecule has 0 bridgehead atoms. The molecule has 7 nitrogen and oxygen atoms in total. The molecule has 130 valence electrons. The number of alkyl halides is 3. The van der Waals surface area contributed by atoms with Crippen molar-refractivity contribution < 1.29 is 31.8 Å². The number of halogens is 3. The molecule has 3 atom stereocenters. The Morgan fingerprint density at radius 1 is 1.30 bits per heavy atom. The van der Waals surface area contributed by atoms with Crippen LogP contribution in [0, 0.1) is 0 Å². The minimum absolute atomic E-state index is 0.0794. The molecule has 23 heavy (non-hydrogen) atoms. The molecule has 1 saturated heterocycles. The van der Waals surface area contributed by atoms with Crippen LogP contribution in [-0.2, 0) is 19.8 Å². The summed E-state index contributed by atoms with van der Waals surface area (Å²) in [7, 11) is 1.50. The number of methoxy groups -OCH3 is 1. The number of ether oxygens (including phenoxy) is 3. The second kappa shape index (κ2) is 6.00. The number of hydrogen-bond acceptors (Lipinski definition) is 7. The lowest BCUT2D eigenvalue weighted by molar-refractivity contribution is -0.387. The second-order valence-electron chi connectivity index (χ2n) is 5.86. The Kier molecular flexibility index (Phi) is 4.34. The maximum atomic E-state index is 12.6. The van der Waals surface area contributed by atoms with Gasteiger partial charge in [-0.1, -0.05) is 0 Å². The zero-order valence-corrected chi connectivity index (χ0v) is 12.5. The van der Waals surface area contributed by atoms with Gasteiger partial charge in [-0.2, -0.15) is 0 Å². The first-order valence-corrected chi connectivity index (χ1v) is 7.34. The molecule has 1 aromatic rings. The zero-order chi connectivity index (χ0) is 16.7. The highest BCUT2D eigenvalue weighted by Gasteiger charge is 2.53. The van der Waals surface area contributed by atoms with E-state index < -0.39 is 24.2 Å². The van der Waals surface area contributed by atoms with E-state index >= 15 is 0 Å². The van der Waals surface area contributed by atoms with Gasteiger partial charge in [-0.25, -0.2) is 0 Å². The van der Waals surface area contributed by atoms with Crippen LogP contribution in [0.15, 0.2) is 4.42 Å². The van der Waals surface area contributed by atoms with Crippen molar-refractivity contribution in [1.29, 1.82) is 0 Å². The highest BCUT2D eigenvalue weighted by molar-refractivity contribution is 5.06. The fourth-order valence-corrected chi connectivity index (χ4v) is 2.89. The molecule has 1 unspecified atom stereocenters. The molecule has 2 fully saturated rings. The maximum Gasteiger partial charge on any atom is 0.523 e. The van der Waals surface area contributed by atoms with Crippen molar-refractivity contribution in [2.45, 2.75) is 55.9 Å². The minimum Gasteiger partial charge on any atom is -0.419 e. The minimum atomic E-state index is -4.77. The maximum absolute atomic E-state index is 12.6. The molecule has 0 radical (unpaired) electrons. The van der Waals surface area contributed by atoms with Gasteiger partial charge in [0.05, 0.1) is 12.7 Å². The monoisotopic (exact) mass is 337 g/mol. The van der Waals surface area contributed by atoms with E-state index in [2.05, 4.69) is 14.9 Å². The molecule has 2 heterocycles. The Morgan fingerprint density at radius 3 is 2.61 bits per heavy atom. The second-order valence-corrected chi connectivity index (χ2v) is 5.86. The molecule has 2 N–H and O–H groups in total. The van der Waals surface area contributed by atoms with Gasteiger partial charge >= 0.3 is 6.36 Å². The summed E-state index contributed by atoms with van der Waals surface area (Å²) in [6.45, 7) is 0.284. The van der Waals surface area contributed by atoms with E-state index in [1.165, 1.54) is 7.11 Å². The number of aromatic nitrogens is 2. The molecule has 1 aliphatic heterocycles. The molecule has 3 rings (SSSR count). The van der Waals surface area contributed by atoms with Gasteiger partial charge in [0.25, 0.3) is 0 Å². The Hall–Kier alpha value is -1.23. The van der Waals surface area contributed by atoms with E-state index in [1.807, 2.05) is 0 Å². The molecule has 1 aromatic heterocycles. The van der Waals surface area contributed by atoms with E-state index in [-0.39, 0.29) is 37.3 Å². The molecule has 0 aromatic carbocycles. The summed E-state index contributed by atoms with van der Waals surface area (Å²) in [4.78, 5) is 0. The van der Waals surface area contributed by atoms with E-state index in [4.69, 9.17) is 19.6 Å². The van der Waals surface area contributed by atoms with E-state index in [1.54, 1.807) is 0 Å². The largest absolute Gasteiger partial charge is 0.523 e. The van der Waals surface area contributed by atoms with Crippen molar-refractivity contribution in [2.24, 2.45) is 5.73 Å². The van der Waals surface area contributed by atoms with Crippen LogP contribution in [0.1, 0.15) is 43.6 Å². The summed E-state index contributed by atoms with van der Waals surface area (Å²) in [5, 5.41) is 7.58. The van der Waals surface area contributed by atoms with Crippen LogP contribution < -0.4 is 5.73 Å². The molecule has 0 amide bonds. The normalized spacial score (nSPS) is 30.9. The van der Waals surface area contributed by atoms with Gasteiger partial charge in [0.2, 0.25) is 11.8 Å². The third kappa shape index (κ3) is 3.35. The first-order valence-electron chi connectivity index (χ1n) is 7.34. The number of hydrogen-bond donors (Lipinski definition) is 1. The van der Waals surface area contributed by atoms with Crippen LogP contribution in [0.25, 0.3) is 0 Å². The van der Waals surface area contributed by atoms with Crippen LogP contribution >= 0.6 is 0 Å². The standard InChI is InChI=1S/C13H18F3N3O4/c1-20-8-5-7(17)6-21-9(8)10-18-19-11(22-10)12(3-2-4-12)23-13(14,15)16/h7-9H,2-6,17H2,1H3/t7-,8?,9+/m1/s1. The van der Waals surface area contributed by atoms with Crippen LogP contribution in [-0.4, -0.2) is 42.4 Å².